The maximum absolute atomic E-state index is 5.87. The molecule has 0 unspecified atom stereocenters. The van der Waals surface area contributed by atoms with Crippen molar-refractivity contribution < 1.29 is 0 Å². The predicted octanol–water partition coefficient (Wildman–Crippen LogP) is 4.33. The van der Waals surface area contributed by atoms with E-state index >= 15 is 0 Å². The minimum absolute atomic E-state index is 0.107. The van der Waals surface area contributed by atoms with E-state index in [0.717, 1.165) is 13.0 Å². The Morgan fingerprint density at radius 2 is 1.11 bits per heavy atom. The Hall–Kier alpha value is -0.0800. The normalized spacial score (nSPS) is 14.8. The van der Waals surface area contributed by atoms with E-state index in [4.69, 9.17) is 5.73 Å². The minimum Gasteiger partial charge on any atom is -0.330 e. The molecule has 0 aromatic rings. The Labute approximate surface area is 121 Å². The first-order valence-electron chi connectivity index (χ1n) is 7.74. The maximum Gasteiger partial charge on any atom is 0.0135 e. The van der Waals surface area contributed by atoms with Crippen LogP contribution in [0.5, 0.6) is 0 Å². The highest BCUT2D eigenvalue weighted by molar-refractivity contribution is 4.94. The molecule has 0 aromatic heterocycles. The van der Waals surface area contributed by atoms with Gasteiger partial charge in [0.1, 0.15) is 0 Å². The summed E-state index contributed by atoms with van der Waals surface area (Å²) in [6.07, 6.45) is 3.49. The van der Waals surface area contributed by atoms with Crippen LogP contribution in [0.3, 0.4) is 0 Å². The third-order valence-corrected chi connectivity index (χ3v) is 4.03. The van der Waals surface area contributed by atoms with E-state index in [0.29, 0.717) is 5.41 Å². The fourth-order valence-electron chi connectivity index (χ4n) is 3.59. The zero-order valence-corrected chi connectivity index (χ0v) is 14.9. The van der Waals surface area contributed by atoms with Crippen molar-refractivity contribution in [2.45, 2.75) is 92.7 Å². The second kappa shape index (κ2) is 6.13. The molecule has 0 heterocycles. The van der Waals surface area contributed by atoms with E-state index in [1.54, 1.807) is 0 Å². The van der Waals surface area contributed by atoms with E-state index < -0.39 is 0 Å². The van der Waals surface area contributed by atoms with Gasteiger partial charge in [0.2, 0.25) is 0 Å². The number of nitrogens with two attached hydrogens (primary N) is 1. The molecule has 0 atom stereocenters. The molecule has 0 bridgehead atoms. The fourth-order valence-corrected chi connectivity index (χ4v) is 3.59. The van der Waals surface area contributed by atoms with Crippen LogP contribution in [0.4, 0.5) is 0 Å². The van der Waals surface area contributed by atoms with Gasteiger partial charge in [-0.15, -0.1) is 0 Å². The van der Waals surface area contributed by atoms with Gasteiger partial charge < -0.3 is 11.1 Å². The van der Waals surface area contributed by atoms with Crippen LogP contribution in [0.15, 0.2) is 0 Å². The lowest BCUT2D eigenvalue weighted by molar-refractivity contribution is 0.142. The zero-order chi connectivity index (χ0) is 15.5. The summed E-state index contributed by atoms with van der Waals surface area (Å²) in [5, 5.41) is 3.86. The van der Waals surface area contributed by atoms with Crippen molar-refractivity contribution in [3.63, 3.8) is 0 Å². The van der Waals surface area contributed by atoms with Gasteiger partial charge in [-0.2, -0.15) is 0 Å². The maximum atomic E-state index is 5.87. The molecule has 0 saturated heterocycles. The van der Waals surface area contributed by atoms with Gasteiger partial charge in [0, 0.05) is 11.1 Å². The number of rotatable bonds is 8. The zero-order valence-electron chi connectivity index (χ0n) is 14.9. The molecule has 0 aliphatic rings. The molecule has 19 heavy (non-hydrogen) atoms. The van der Waals surface area contributed by atoms with Crippen LogP contribution in [-0.4, -0.2) is 17.6 Å². The highest BCUT2D eigenvalue weighted by Crippen LogP contribution is 2.34. The molecule has 0 radical (unpaired) electrons. The van der Waals surface area contributed by atoms with E-state index in [2.05, 4.69) is 67.6 Å². The Balaban J connectivity index is 4.72. The molecular formula is C17H38N2. The lowest BCUT2D eigenvalue weighted by atomic mass is 9.75. The molecular weight excluding hydrogens is 232 g/mol. The number of hydrogen-bond donors (Lipinski definition) is 2. The van der Waals surface area contributed by atoms with Crippen LogP contribution in [0.2, 0.25) is 0 Å². The third-order valence-electron chi connectivity index (χ3n) is 4.03. The Morgan fingerprint density at radius 3 is 1.42 bits per heavy atom. The molecule has 0 aliphatic carbocycles. The SMILES string of the molecule is CCC(C)(C)CC(C)(C)NC(C)(C)CC(C)(C)CN. The quantitative estimate of drug-likeness (QED) is 0.689. The van der Waals surface area contributed by atoms with E-state index in [9.17, 15) is 0 Å². The van der Waals surface area contributed by atoms with Crippen molar-refractivity contribution in [1.82, 2.24) is 5.32 Å². The molecule has 0 saturated carbocycles. The van der Waals surface area contributed by atoms with Gasteiger partial charge in [-0.1, -0.05) is 41.0 Å². The Kier molecular flexibility index (Phi) is 6.11. The summed E-state index contributed by atoms with van der Waals surface area (Å²) < 4.78 is 0. The molecule has 0 aliphatic heterocycles. The van der Waals surface area contributed by atoms with Gasteiger partial charge in [-0.05, 0) is 57.9 Å². The van der Waals surface area contributed by atoms with E-state index in [-0.39, 0.29) is 16.5 Å². The van der Waals surface area contributed by atoms with Crippen molar-refractivity contribution >= 4 is 0 Å². The summed E-state index contributed by atoms with van der Waals surface area (Å²) in [6.45, 7) is 21.5. The molecule has 0 fully saturated rings. The van der Waals surface area contributed by atoms with Gasteiger partial charge in [0.05, 0.1) is 0 Å². The first-order chi connectivity index (χ1) is 8.24. The Bertz CT molecular complexity index is 247. The summed E-state index contributed by atoms with van der Waals surface area (Å²) in [4.78, 5) is 0. The van der Waals surface area contributed by atoms with Gasteiger partial charge in [0.25, 0.3) is 0 Å². The molecule has 116 valence electrons. The molecule has 2 nitrogen and oxygen atoms in total. The minimum atomic E-state index is 0.107. The second-order valence-corrected chi connectivity index (χ2v) is 9.13. The van der Waals surface area contributed by atoms with Gasteiger partial charge in [0.15, 0.2) is 0 Å². The van der Waals surface area contributed by atoms with Crippen LogP contribution < -0.4 is 11.1 Å². The first-order valence-corrected chi connectivity index (χ1v) is 7.74. The highest BCUT2D eigenvalue weighted by atomic mass is 15.0. The summed E-state index contributed by atoms with van der Waals surface area (Å²) in [5.74, 6) is 0. The van der Waals surface area contributed by atoms with Crippen LogP contribution in [-0.2, 0) is 0 Å². The topological polar surface area (TPSA) is 38.0 Å². The molecule has 2 heteroatoms. The van der Waals surface area contributed by atoms with Crippen molar-refractivity contribution in [1.29, 1.82) is 0 Å². The van der Waals surface area contributed by atoms with Gasteiger partial charge in [-0.25, -0.2) is 0 Å². The first kappa shape index (κ1) is 18.9. The third kappa shape index (κ3) is 7.94. The predicted molar refractivity (Wildman–Crippen MR) is 87.4 cm³/mol. The monoisotopic (exact) mass is 270 g/mol. The van der Waals surface area contributed by atoms with Gasteiger partial charge in [-0.3, -0.25) is 0 Å². The fraction of sp³-hybridized carbons (Fsp3) is 1.00. The van der Waals surface area contributed by atoms with Crippen molar-refractivity contribution in [2.24, 2.45) is 16.6 Å². The lowest BCUT2D eigenvalue weighted by Gasteiger charge is -2.44. The van der Waals surface area contributed by atoms with Gasteiger partial charge >= 0.3 is 0 Å². The summed E-state index contributed by atoms with van der Waals surface area (Å²) >= 11 is 0. The van der Waals surface area contributed by atoms with Crippen molar-refractivity contribution in [2.75, 3.05) is 6.54 Å². The lowest BCUT2D eigenvalue weighted by Crippen LogP contribution is -2.55. The Morgan fingerprint density at radius 1 is 0.737 bits per heavy atom. The van der Waals surface area contributed by atoms with Crippen LogP contribution in [0.25, 0.3) is 0 Å². The van der Waals surface area contributed by atoms with Crippen LogP contribution in [0.1, 0.15) is 81.6 Å². The summed E-state index contributed by atoms with van der Waals surface area (Å²) in [7, 11) is 0. The molecule has 0 rings (SSSR count). The summed E-state index contributed by atoms with van der Waals surface area (Å²) in [6, 6.07) is 0. The molecule has 3 N–H and O–H groups in total. The smallest absolute Gasteiger partial charge is 0.0135 e. The van der Waals surface area contributed by atoms with Crippen molar-refractivity contribution in [3.8, 4) is 0 Å². The number of hydrogen-bond acceptors (Lipinski definition) is 2. The molecule has 0 aromatic carbocycles. The van der Waals surface area contributed by atoms with E-state index in [1.165, 1.54) is 12.8 Å². The average molecular weight is 271 g/mol. The average Bonchev–Trinajstić information content (AvgIpc) is 2.12. The second-order valence-electron chi connectivity index (χ2n) is 9.13. The summed E-state index contributed by atoms with van der Waals surface area (Å²) in [5.41, 5.74) is 6.70. The van der Waals surface area contributed by atoms with E-state index in [1.807, 2.05) is 0 Å². The largest absolute Gasteiger partial charge is 0.330 e. The van der Waals surface area contributed by atoms with Crippen molar-refractivity contribution in [3.05, 3.63) is 0 Å². The van der Waals surface area contributed by atoms with Crippen LogP contribution in [0, 0.1) is 10.8 Å². The highest BCUT2D eigenvalue weighted by Gasteiger charge is 2.35. The van der Waals surface area contributed by atoms with Crippen LogP contribution >= 0.6 is 0 Å². The molecule has 0 amide bonds. The molecule has 0 spiro atoms. The standard InChI is InChI=1S/C17H38N2/c1-10-14(2,3)11-16(6,7)19-17(8,9)12-15(4,5)13-18/h19H,10-13,18H2,1-9H3. The number of nitrogens with one attached hydrogen (secondary N) is 1.